The van der Waals surface area contributed by atoms with E-state index in [2.05, 4.69) is 10.2 Å². The molecule has 2 aliphatic heterocycles. The molecule has 2 unspecified atom stereocenters. The summed E-state index contributed by atoms with van der Waals surface area (Å²) in [5.41, 5.74) is 6.35. The van der Waals surface area contributed by atoms with Gasteiger partial charge in [0.1, 0.15) is 4.88 Å². The molecule has 0 radical (unpaired) electrons. The van der Waals surface area contributed by atoms with E-state index in [1.807, 2.05) is 5.38 Å². The van der Waals surface area contributed by atoms with E-state index >= 15 is 0 Å². The van der Waals surface area contributed by atoms with Gasteiger partial charge in [0.15, 0.2) is 0 Å². The predicted molar refractivity (Wildman–Crippen MR) is 69.2 cm³/mol. The smallest absolute Gasteiger partial charge is 0.263 e. The molecule has 0 aromatic carbocycles. The van der Waals surface area contributed by atoms with E-state index in [4.69, 9.17) is 5.73 Å². The Balaban J connectivity index is 1.68. The van der Waals surface area contributed by atoms with Crippen LogP contribution in [-0.4, -0.2) is 36.0 Å². The maximum absolute atomic E-state index is 12.1. The second-order valence-electron chi connectivity index (χ2n) is 4.82. The van der Waals surface area contributed by atoms with Crippen molar-refractivity contribution in [2.75, 3.05) is 18.8 Å². The Kier molecular flexibility index (Phi) is 2.80. The van der Waals surface area contributed by atoms with E-state index in [1.54, 1.807) is 6.07 Å². The fourth-order valence-electron chi connectivity index (χ4n) is 2.99. The van der Waals surface area contributed by atoms with Crippen molar-refractivity contribution >= 4 is 22.9 Å². The SMILES string of the molecule is Nc1ccsc1C(=O)NC1CCN2CCCC12. The Morgan fingerprint density at radius 3 is 3.12 bits per heavy atom. The summed E-state index contributed by atoms with van der Waals surface area (Å²) < 4.78 is 0. The summed E-state index contributed by atoms with van der Waals surface area (Å²) in [6, 6.07) is 2.66. The lowest BCUT2D eigenvalue weighted by Gasteiger charge is -2.21. The third-order valence-corrected chi connectivity index (χ3v) is 4.75. The van der Waals surface area contributed by atoms with Crippen molar-refractivity contribution in [2.24, 2.45) is 0 Å². The monoisotopic (exact) mass is 251 g/mol. The second kappa shape index (κ2) is 4.31. The average Bonchev–Trinajstić information content (AvgIpc) is 2.96. The topological polar surface area (TPSA) is 58.4 Å². The molecule has 5 heteroatoms. The van der Waals surface area contributed by atoms with Gasteiger partial charge in [0.2, 0.25) is 0 Å². The fraction of sp³-hybridized carbons (Fsp3) is 0.583. The number of carbonyl (C=O) groups excluding carboxylic acids is 1. The third kappa shape index (κ3) is 1.93. The van der Waals surface area contributed by atoms with Crippen molar-refractivity contribution < 1.29 is 4.79 Å². The average molecular weight is 251 g/mol. The number of nitrogens with one attached hydrogen (secondary N) is 1. The number of amides is 1. The van der Waals surface area contributed by atoms with Crippen molar-refractivity contribution in [3.8, 4) is 0 Å². The highest BCUT2D eigenvalue weighted by molar-refractivity contribution is 7.12. The lowest BCUT2D eigenvalue weighted by atomic mass is 10.1. The standard InChI is InChI=1S/C12H17N3OS/c13-8-4-7-17-11(8)12(16)14-9-3-6-15-5-1-2-10(9)15/h4,7,9-10H,1-3,5-6,13H2,(H,14,16). The maximum Gasteiger partial charge on any atom is 0.263 e. The Bertz CT molecular complexity index is 431. The van der Waals surface area contributed by atoms with E-state index in [0.29, 0.717) is 22.6 Å². The number of carbonyl (C=O) groups is 1. The maximum atomic E-state index is 12.1. The molecular weight excluding hydrogens is 234 g/mol. The molecule has 3 rings (SSSR count). The number of nitrogen functional groups attached to an aromatic ring is 1. The van der Waals surface area contributed by atoms with Crippen LogP contribution in [0.3, 0.4) is 0 Å². The van der Waals surface area contributed by atoms with Gasteiger partial charge in [0.25, 0.3) is 5.91 Å². The summed E-state index contributed by atoms with van der Waals surface area (Å²) in [4.78, 5) is 15.2. The number of fused-ring (bicyclic) bond motifs is 1. The molecule has 0 aliphatic carbocycles. The molecule has 4 nitrogen and oxygen atoms in total. The second-order valence-corrected chi connectivity index (χ2v) is 5.74. The highest BCUT2D eigenvalue weighted by Gasteiger charge is 2.38. The molecule has 2 aliphatic rings. The van der Waals surface area contributed by atoms with Gasteiger partial charge in [-0.25, -0.2) is 0 Å². The summed E-state index contributed by atoms with van der Waals surface area (Å²) in [5.74, 6) is -0.00347. The molecule has 1 amide bonds. The Hall–Kier alpha value is -1.07. The molecule has 1 aromatic heterocycles. The van der Waals surface area contributed by atoms with Crippen molar-refractivity contribution in [1.29, 1.82) is 0 Å². The van der Waals surface area contributed by atoms with Crippen molar-refractivity contribution in [1.82, 2.24) is 10.2 Å². The first-order chi connectivity index (χ1) is 8.25. The number of thiophene rings is 1. The number of hydrogen-bond acceptors (Lipinski definition) is 4. The number of hydrogen-bond donors (Lipinski definition) is 2. The van der Waals surface area contributed by atoms with E-state index in [0.717, 1.165) is 13.0 Å². The van der Waals surface area contributed by atoms with Crippen LogP contribution < -0.4 is 11.1 Å². The molecule has 1 aromatic rings. The highest BCUT2D eigenvalue weighted by Crippen LogP contribution is 2.28. The van der Waals surface area contributed by atoms with E-state index in [1.165, 1.54) is 30.7 Å². The first-order valence-corrected chi connectivity index (χ1v) is 7.01. The van der Waals surface area contributed by atoms with Gasteiger partial charge < -0.3 is 11.1 Å². The van der Waals surface area contributed by atoms with Gasteiger partial charge in [0.05, 0.1) is 5.69 Å². The Morgan fingerprint density at radius 2 is 2.35 bits per heavy atom. The van der Waals surface area contributed by atoms with Crippen LogP contribution in [-0.2, 0) is 0 Å². The van der Waals surface area contributed by atoms with Gasteiger partial charge in [-0.2, -0.15) is 0 Å². The zero-order valence-corrected chi connectivity index (χ0v) is 10.5. The van der Waals surface area contributed by atoms with Crippen molar-refractivity contribution in [3.63, 3.8) is 0 Å². The molecule has 2 saturated heterocycles. The zero-order valence-electron chi connectivity index (χ0n) is 9.69. The van der Waals surface area contributed by atoms with Gasteiger partial charge in [-0.3, -0.25) is 9.69 Å². The van der Waals surface area contributed by atoms with Crippen LogP contribution in [0.4, 0.5) is 5.69 Å². The van der Waals surface area contributed by atoms with Crippen LogP contribution >= 0.6 is 11.3 Å². The number of anilines is 1. The van der Waals surface area contributed by atoms with Crippen LogP contribution in [0.25, 0.3) is 0 Å². The Morgan fingerprint density at radius 1 is 1.47 bits per heavy atom. The van der Waals surface area contributed by atoms with Crippen LogP contribution in [0.1, 0.15) is 28.9 Å². The van der Waals surface area contributed by atoms with Crippen LogP contribution in [0.15, 0.2) is 11.4 Å². The zero-order chi connectivity index (χ0) is 11.8. The molecule has 0 saturated carbocycles. The van der Waals surface area contributed by atoms with Gasteiger partial charge in [-0.15, -0.1) is 11.3 Å². The van der Waals surface area contributed by atoms with E-state index in [9.17, 15) is 4.79 Å². The number of nitrogens with zero attached hydrogens (tertiary/aromatic N) is 1. The fourth-order valence-corrected chi connectivity index (χ4v) is 3.71. The van der Waals surface area contributed by atoms with Gasteiger partial charge in [0, 0.05) is 18.6 Å². The lowest BCUT2D eigenvalue weighted by molar-refractivity contribution is 0.0934. The van der Waals surface area contributed by atoms with Crippen LogP contribution in [0.2, 0.25) is 0 Å². The third-order valence-electron chi connectivity index (χ3n) is 3.82. The van der Waals surface area contributed by atoms with Crippen molar-refractivity contribution in [3.05, 3.63) is 16.3 Å². The molecule has 2 fully saturated rings. The normalized spacial score (nSPS) is 28.2. The summed E-state index contributed by atoms with van der Waals surface area (Å²) >= 11 is 1.42. The largest absolute Gasteiger partial charge is 0.397 e. The van der Waals surface area contributed by atoms with E-state index < -0.39 is 0 Å². The molecule has 3 N–H and O–H groups in total. The molecule has 92 valence electrons. The van der Waals surface area contributed by atoms with E-state index in [-0.39, 0.29) is 5.91 Å². The quantitative estimate of drug-likeness (QED) is 0.833. The number of nitrogens with two attached hydrogens (primary N) is 1. The minimum absolute atomic E-state index is 0.00347. The Labute approximate surface area is 105 Å². The minimum Gasteiger partial charge on any atom is -0.397 e. The molecule has 2 atom stereocenters. The molecule has 17 heavy (non-hydrogen) atoms. The minimum atomic E-state index is -0.00347. The first-order valence-electron chi connectivity index (χ1n) is 6.13. The van der Waals surface area contributed by atoms with Gasteiger partial charge >= 0.3 is 0 Å². The van der Waals surface area contributed by atoms with Gasteiger partial charge in [-0.1, -0.05) is 0 Å². The number of rotatable bonds is 2. The van der Waals surface area contributed by atoms with Crippen LogP contribution in [0.5, 0.6) is 0 Å². The highest BCUT2D eigenvalue weighted by atomic mass is 32.1. The lowest BCUT2D eigenvalue weighted by Crippen LogP contribution is -2.42. The van der Waals surface area contributed by atoms with Crippen molar-refractivity contribution in [2.45, 2.75) is 31.3 Å². The summed E-state index contributed by atoms with van der Waals surface area (Å²) in [5, 5.41) is 5.01. The molecule has 0 spiro atoms. The summed E-state index contributed by atoms with van der Waals surface area (Å²) in [7, 11) is 0. The molecule has 0 bridgehead atoms. The van der Waals surface area contributed by atoms with Gasteiger partial charge in [-0.05, 0) is 37.3 Å². The predicted octanol–water partition coefficient (Wildman–Crippen LogP) is 1.30. The first kappa shape index (κ1) is 11.0. The molecular formula is C12H17N3OS. The van der Waals surface area contributed by atoms with Crippen LogP contribution in [0, 0.1) is 0 Å². The summed E-state index contributed by atoms with van der Waals surface area (Å²) in [6.45, 7) is 2.31. The molecule has 3 heterocycles. The summed E-state index contributed by atoms with van der Waals surface area (Å²) in [6.07, 6.45) is 3.55.